The van der Waals surface area contributed by atoms with Crippen molar-refractivity contribution in [1.82, 2.24) is 5.32 Å². The second kappa shape index (κ2) is 6.18. The maximum atomic E-state index is 11.3. The highest BCUT2D eigenvalue weighted by molar-refractivity contribution is 7.84. The third-order valence-electron chi connectivity index (χ3n) is 3.65. The summed E-state index contributed by atoms with van der Waals surface area (Å²) in [6, 6.07) is 6.67. The predicted molar refractivity (Wildman–Crippen MR) is 78.8 cm³/mol. The Balaban J connectivity index is 1.80. The average Bonchev–Trinajstić information content (AvgIpc) is 2.70. The molecule has 0 aliphatic heterocycles. The van der Waals surface area contributed by atoms with Crippen LogP contribution in [0.4, 0.5) is 0 Å². The fraction of sp³-hybridized carbons (Fsp3) is 0.571. The summed E-state index contributed by atoms with van der Waals surface area (Å²) in [5, 5.41) is 4.65. The zero-order valence-electron chi connectivity index (χ0n) is 10.9. The minimum atomic E-state index is -0.714. The van der Waals surface area contributed by atoms with Gasteiger partial charge in [0.1, 0.15) is 0 Å². The van der Waals surface area contributed by atoms with Crippen LogP contribution in [-0.2, 0) is 23.6 Å². The molecule has 1 aliphatic carbocycles. The number of benzene rings is 1. The van der Waals surface area contributed by atoms with Crippen LogP contribution in [0.3, 0.4) is 0 Å². The molecule has 0 fully saturated rings. The molecular weight excluding hydrogens is 266 g/mol. The molecule has 1 aliphatic rings. The molecule has 2 nitrogen and oxygen atoms in total. The zero-order valence-corrected chi connectivity index (χ0v) is 12.5. The van der Waals surface area contributed by atoms with Crippen molar-refractivity contribution in [1.29, 1.82) is 0 Å². The van der Waals surface area contributed by atoms with Crippen LogP contribution in [0, 0.1) is 0 Å². The van der Waals surface area contributed by atoms with Gasteiger partial charge in [0.25, 0.3) is 0 Å². The summed E-state index contributed by atoms with van der Waals surface area (Å²) in [6.07, 6.45) is 4.88. The first-order valence-electron chi connectivity index (χ1n) is 6.39. The van der Waals surface area contributed by atoms with E-state index < -0.39 is 10.8 Å². The number of rotatable bonds is 5. The second-order valence-corrected chi connectivity index (χ2v) is 7.31. The van der Waals surface area contributed by atoms with Crippen molar-refractivity contribution < 1.29 is 4.21 Å². The van der Waals surface area contributed by atoms with Crippen molar-refractivity contribution in [2.45, 2.75) is 37.5 Å². The summed E-state index contributed by atoms with van der Waals surface area (Å²) in [5.74, 6) is 0. The van der Waals surface area contributed by atoms with Crippen LogP contribution in [0.15, 0.2) is 18.2 Å². The molecular formula is C14H20ClNOS. The monoisotopic (exact) mass is 285 g/mol. The molecule has 2 rings (SSSR count). The van der Waals surface area contributed by atoms with Gasteiger partial charge in [0.2, 0.25) is 0 Å². The van der Waals surface area contributed by atoms with Crippen molar-refractivity contribution in [3.63, 3.8) is 0 Å². The van der Waals surface area contributed by atoms with Crippen molar-refractivity contribution in [2.75, 3.05) is 12.8 Å². The summed E-state index contributed by atoms with van der Waals surface area (Å²) >= 11 is 6.00. The van der Waals surface area contributed by atoms with Crippen LogP contribution >= 0.6 is 11.6 Å². The molecule has 0 heterocycles. The van der Waals surface area contributed by atoms with Gasteiger partial charge in [0.15, 0.2) is 0 Å². The first-order chi connectivity index (χ1) is 8.56. The van der Waals surface area contributed by atoms with E-state index in [1.54, 1.807) is 6.26 Å². The number of hydrogen-bond donors (Lipinski definition) is 1. The molecule has 3 atom stereocenters. The van der Waals surface area contributed by atoms with E-state index >= 15 is 0 Å². The largest absolute Gasteiger partial charge is 0.313 e. The van der Waals surface area contributed by atoms with Gasteiger partial charge in [0, 0.05) is 33.4 Å². The predicted octanol–water partition coefficient (Wildman–Crippen LogP) is 2.55. The van der Waals surface area contributed by atoms with Gasteiger partial charge in [-0.05, 0) is 49.1 Å². The second-order valence-electron chi connectivity index (χ2n) is 5.07. The molecule has 18 heavy (non-hydrogen) atoms. The van der Waals surface area contributed by atoms with E-state index in [1.807, 2.05) is 13.0 Å². The molecule has 0 radical (unpaired) electrons. The molecule has 3 unspecified atom stereocenters. The molecule has 100 valence electrons. The Morgan fingerprint density at radius 2 is 2.17 bits per heavy atom. The van der Waals surface area contributed by atoms with Crippen molar-refractivity contribution >= 4 is 22.4 Å². The molecule has 1 aromatic carbocycles. The van der Waals surface area contributed by atoms with Gasteiger partial charge in [-0.3, -0.25) is 4.21 Å². The lowest BCUT2D eigenvalue weighted by Crippen LogP contribution is -2.32. The van der Waals surface area contributed by atoms with E-state index in [0.29, 0.717) is 6.04 Å². The summed E-state index contributed by atoms with van der Waals surface area (Å²) < 4.78 is 11.3. The van der Waals surface area contributed by atoms with Crippen molar-refractivity contribution in [3.8, 4) is 0 Å². The minimum absolute atomic E-state index is 0.274. The summed E-state index contributed by atoms with van der Waals surface area (Å²) in [6.45, 7) is 2.98. The first kappa shape index (κ1) is 14.0. The van der Waals surface area contributed by atoms with E-state index in [2.05, 4.69) is 17.4 Å². The highest BCUT2D eigenvalue weighted by Gasteiger charge is 2.21. The van der Waals surface area contributed by atoms with Crippen molar-refractivity contribution in [3.05, 3.63) is 34.3 Å². The van der Waals surface area contributed by atoms with Gasteiger partial charge < -0.3 is 5.32 Å². The van der Waals surface area contributed by atoms with Crippen LogP contribution < -0.4 is 5.32 Å². The number of halogens is 1. The Morgan fingerprint density at radius 1 is 1.44 bits per heavy atom. The maximum Gasteiger partial charge on any atom is 0.0408 e. The molecule has 0 aromatic heterocycles. The molecule has 0 amide bonds. The Kier molecular flexibility index (Phi) is 4.82. The van der Waals surface area contributed by atoms with Crippen LogP contribution in [0.2, 0.25) is 5.02 Å². The van der Waals surface area contributed by atoms with E-state index in [4.69, 9.17) is 11.6 Å². The first-order valence-corrected chi connectivity index (χ1v) is 8.39. The van der Waals surface area contributed by atoms with E-state index in [9.17, 15) is 4.21 Å². The summed E-state index contributed by atoms with van der Waals surface area (Å²) in [5.41, 5.74) is 2.77. The highest BCUT2D eigenvalue weighted by Crippen LogP contribution is 2.25. The fourth-order valence-electron chi connectivity index (χ4n) is 2.39. The third-order valence-corrected chi connectivity index (χ3v) is 5.26. The topological polar surface area (TPSA) is 29.1 Å². The normalized spacial score (nSPS) is 21.6. The lowest BCUT2D eigenvalue weighted by molar-refractivity contribution is 0.520. The van der Waals surface area contributed by atoms with E-state index in [0.717, 1.165) is 30.8 Å². The molecule has 0 saturated heterocycles. The Bertz CT molecular complexity index is 449. The lowest BCUT2D eigenvalue weighted by Gasteiger charge is -2.13. The Labute approximate surface area is 117 Å². The quantitative estimate of drug-likeness (QED) is 0.901. The summed E-state index contributed by atoms with van der Waals surface area (Å²) in [4.78, 5) is 0. The molecule has 0 bridgehead atoms. The fourth-order valence-corrected chi connectivity index (χ4v) is 3.03. The number of nitrogens with one attached hydrogen (secondary N) is 1. The Morgan fingerprint density at radius 3 is 2.89 bits per heavy atom. The van der Waals surface area contributed by atoms with Crippen LogP contribution in [-0.4, -0.2) is 28.3 Å². The van der Waals surface area contributed by atoms with Gasteiger partial charge in [-0.15, -0.1) is 0 Å². The van der Waals surface area contributed by atoms with Gasteiger partial charge in [-0.25, -0.2) is 0 Å². The number of hydrogen-bond acceptors (Lipinski definition) is 2. The van der Waals surface area contributed by atoms with E-state index in [1.165, 1.54) is 11.1 Å². The van der Waals surface area contributed by atoms with E-state index in [-0.39, 0.29) is 5.25 Å². The lowest BCUT2D eigenvalue weighted by atomic mass is 10.1. The van der Waals surface area contributed by atoms with Gasteiger partial charge in [-0.1, -0.05) is 24.6 Å². The SMILES string of the molecule is CC(CCNC1Cc2ccc(Cl)cc2C1)S(C)=O. The zero-order chi connectivity index (χ0) is 13.1. The average molecular weight is 286 g/mol. The van der Waals surface area contributed by atoms with Crippen LogP contribution in [0.25, 0.3) is 0 Å². The molecule has 1 aromatic rings. The summed E-state index contributed by atoms with van der Waals surface area (Å²) in [7, 11) is -0.714. The van der Waals surface area contributed by atoms with Gasteiger partial charge >= 0.3 is 0 Å². The van der Waals surface area contributed by atoms with Gasteiger partial charge in [0.05, 0.1) is 0 Å². The van der Waals surface area contributed by atoms with Crippen LogP contribution in [0.5, 0.6) is 0 Å². The standard InChI is InChI=1S/C14H20ClNOS/c1-10(18(2)17)5-6-16-14-8-11-3-4-13(15)7-12(11)9-14/h3-4,7,10,14,16H,5-6,8-9H2,1-2H3. The molecule has 0 spiro atoms. The molecule has 1 N–H and O–H groups in total. The number of fused-ring (bicyclic) bond motifs is 1. The molecule has 0 saturated carbocycles. The highest BCUT2D eigenvalue weighted by atomic mass is 35.5. The third kappa shape index (κ3) is 3.56. The molecule has 4 heteroatoms. The van der Waals surface area contributed by atoms with Crippen LogP contribution in [0.1, 0.15) is 24.5 Å². The van der Waals surface area contributed by atoms with Gasteiger partial charge in [-0.2, -0.15) is 0 Å². The Hall–Kier alpha value is -0.380. The maximum absolute atomic E-state index is 11.3. The smallest absolute Gasteiger partial charge is 0.0408 e. The van der Waals surface area contributed by atoms with Crippen molar-refractivity contribution in [2.24, 2.45) is 0 Å². The minimum Gasteiger partial charge on any atom is -0.313 e.